The maximum absolute atomic E-state index is 12.5. The zero-order valence-electron chi connectivity index (χ0n) is 18.0. The lowest BCUT2D eigenvalue weighted by Gasteiger charge is -2.12. The molecule has 1 amide bonds. The van der Waals surface area contributed by atoms with Crippen molar-refractivity contribution in [2.45, 2.75) is 13.8 Å². The van der Waals surface area contributed by atoms with Crippen LogP contribution in [-0.2, 0) is 4.79 Å². The summed E-state index contributed by atoms with van der Waals surface area (Å²) < 4.78 is 2.69. The van der Waals surface area contributed by atoms with Gasteiger partial charge in [-0.15, -0.1) is 0 Å². The molecule has 3 aromatic rings. The Labute approximate surface area is 207 Å². The molecule has 0 unspecified atom stereocenters. The highest BCUT2D eigenvalue weighted by Crippen LogP contribution is 2.31. The number of carboxylic acids is 2. The van der Waals surface area contributed by atoms with Gasteiger partial charge >= 0.3 is 11.9 Å². The lowest BCUT2D eigenvalue weighted by molar-refractivity contribution is -0.115. The molecule has 1 aliphatic rings. The first kappa shape index (κ1) is 23.5. The van der Waals surface area contributed by atoms with E-state index in [2.05, 4.69) is 26.2 Å². The van der Waals surface area contributed by atoms with E-state index in [0.29, 0.717) is 21.4 Å². The van der Waals surface area contributed by atoms with Gasteiger partial charge in [-0.3, -0.25) is 4.79 Å². The van der Waals surface area contributed by atoms with Crippen molar-refractivity contribution >= 4 is 62.5 Å². The van der Waals surface area contributed by atoms with Gasteiger partial charge in [-0.2, -0.15) is 0 Å². The van der Waals surface area contributed by atoms with Gasteiger partial charge in [-0.05, 0) is 85.8 Å². The van der Waals surface area contributed by atoms with Gasteiger partial charge in [0.25, 0.3) is 5.91 Å². The molecular weight excluding hydrogens is 522 g/mol. The molecule has 1 aliphatic heterocycles. The molecule has 172 valence electrons. The van der Waals surface area contributed by atoms with Crippen LogP contribution in [0.15, 0.2) is 62.9 Å². The number of aromatic nitrogens is 1. The van der Waals surface area contributed by atoms with Crippen LogP contribution < -0.4 is 5.32 Å². The zero-order chi connectivity index (χ0) is 24.6. The van der Waals surface area contributed by atoms with E-state index in [1.165, 1.54) is 23.9 Å². The molecule has 0 bridgehead atoms. The monoisotopic (exact) mass is 539 g/mol. The molecule has 0 saturated carbocycles. The fourth-order valence-corrected chi connectivity index (χ4v) is 4.67. The second-order valence-electron chi connectivity index (χ2n) is 7.50. The molecule has 2 heterocycles. The van der Waals surface area contributed by atoms with Crippen molar-refractivity contribution in [3.8, 4) is 5.69 Å². The molecule has 1 aromatic heterocycles. The molecule has 0 atom stereocenters. The Morgan fingerprint density at radius 3 is 2.24 bits per heavy atom. The van der Waals surface area contributed by atoms with E-state index in [-0.39, 0.29) is 17.0 Å². The minimum absolute atomic E-state index is 0.123. The highest BCUT2D eigenvalue weighted by Gasteiger charge is 2.25. The molecule has 0 radical (unpaired) electrons. The van der Waals surface area contributed by atoms with E-state index >= 15 is 0 Å². The van der Waals surface area contributed by atoms with Crippen molar-refractivity contribution in [2.75, 3.05) is 0 Å². The van der Waals surface area contributed by atoms with Gasteiger partial charge in [-0.1, -0.05) is 15.9 Å². The number of carbonyl (C=O) groups is 3. The third-order valence-electron chi connectivity index (χ3n) is 5.13. The van der Waals surface area contributed by atoms with Crippen LogP contribution in [0.4, 0.5) is 5.69 Å². The highest BCUT2D eigenvalue weighted by molar-refractivity contribution is 9.10. The summed E-state index contributed by atoms with van der Waals surface area (Å²) in [5.74, 6) is -2.71. The Bertz CT molecular complexity index is 1370. The van der Waals surface area contributed by atoms with E-state index in [1.54, 1.807) is 10.6 Å². The summed E-state index contributed by atoms with van der Waals surface area (Å²) in [6.45, 7) is 3.65. The van der Waals surface area contributed by atoms with Gasteiger partial charge in [0.2, 0.25) is 0 Å². The number of thioether (sulfide) groups is 1. The Hall–Kier alpha value is -3.63. The number of carboxylic acid groups (broad SMARTS) is 2. The van der Waals surface area contributed by atoms with Gasteiger partial charge in [-0.25, -0.2) is 14.6 Å². The van der Waals surface area contributed by atoms with Crippen molar-refractivity contribution in [1.82, 2.24) is 9.88 Å². The molecule has 8 nitrogen and oxygen atoms in total. The van der Waals surface area contributed by atoms with Crippen molar-refractivity contribution in [1.29, 1.82) is 0 Å². The average molecular weight is 540 g/mol. The fourth-order valence-electron chi connectivity index (χ4n) is 3.57. The Morgan fingerprint density at radius 2 is 1.65 bits per heavy atom. The van der Waals surface area contributed by atoms with E-state index in [4.69, 9.17) is 0 Å². The SMILES string of the molecule is Cc1cc(/C=C2\SC(=Nc3ccc(Br)cc3)NC2=O)c(C)n1-c1cc(C(=O)O)cc(C(=O)O)c1. The van der Waals surface area contributed by atoms with E-state index in [0.717, 1.165) is 27.5 Å². The van der Waals surface area contributed by atoms with Crippen LogP contribution in [0.2, 0.25) is 0 Å². The predicted molar refractivity (Wildman–Crippen MR) is 134 cm³/mol. The number of halogens is 1. The number of nitrogens with one attached hydrogen (secondary N) is 1. The largest absolute Gasteiger partial charge is 0.478 e. The van der Waals surface area contributed by atoms with Gasteiger partial charge in [0.15, 0.2) is 5.17 Å². The minimum atomic E-state index is -1.22. The van der Waals surface area contributed by atoms with Crippen molar-refractivity contribution < 1.29 is 24.6 Å². The summed E-state index contributed by atoms with van der Waals surface area (Å²) in [6.07, 6.45) is 1.74. The fraction of sp³-hybridized carbons (Fsp3) is 0.0833. The van der Waals surface area contributed by atoms with Gasteiger partial charge in [0, 0.05) is 21.5 Å². The van der Waals surface area contributed by atoms with E-state index < -0.39 is 11.9 Å². The van der Waals surface area contributed by atoms with Crippen LogP contribution in [0.1, 0.15) is 37.7 Å². The minimum Gasteiger partial charge on any atom is -0.478 e. The van der Waals surface area contributed by atoms with Crippen LogP contribution in [0.3, 0.4) is 0 Å². The number of aryl methyl sites for hydroxylation is 1. The number of amidine groups is 1. The van der Waals surface area contributed by atoms with E-state index in [1.807, 2.05) is 44.2 Å². The van der Waals surface area contributed by atoms with Crippen LogP contribution >= 0.6 is 27.7 Å². The van der Waals surface area contributed by atoms with Crippen LogP contribution in [0.25, 0.3) is 11.8 Å². The third kappa shape index (κ3) is 4.82. The molecule has 0 aliphatic carbocycles. The lowest BCUT2D eigenvalue weighted by atomic mass is 10.1. The molecule has 3 N–H and O–H groups in total. The molecule has 34 heavy (non-hydrogen) atoms. The molecule has 4 rings (SSSR count). The first-order valence-corrected chi connectivity index (χ1v) is 11.6. The van der Waals surface area contributed by atoms with Crippen molar-refractivity contribution in [2.24, 2.45) is 4.99 Å². The molecular formula is C24H18BrN3O5S. The summed E-state index contributed by atoms with van der Waals surface area (Å²) in [6, 6.07) is 13.2. The number of benzene rings is 2. The number of rotatable bonds is 5. The quantitative estimate of drug-likeness (QED) is 0.385. The Kier molecular flexibility index (Phi) is 6.45. The van der Waals surface area contributed by atoms with Crippen LogP contribution in [0, 0.1) is 13.8 Å². The number of hydrogen-bond donors (Lipinski definition) is 3. The summed E-state index contributed by atoms with van der Waals surface area (Å²) in [7, 11) is 0. The van der Waals surface area contributed by atoms with Crippen molar-refractivity contribution in [3.63, 3.8) is 0 Å². The third-order valence-corrected chi connectivity index (χ3v) is 6.57. The normalized spacial score (nSPS) is 15.7. The number of nitrogens with zero attached hydrogens (tertiary/aromatic N) is 2. The van der Waals surface area contributed by atoms with Crippen LogP contribution in [-0.4, -0.2) is 37.8 Å². The summed E-state index contributed by atoms with van der Waals surface area (Å²) in [5, 5.41) is 22.0. The number of amides is 1. The summed E-state index contributed by atoms with van der Waals surface area (Å²) >= 11 is 4.59. The second-order valence-corrected chi connectivity index (χ2v) is 9.45. The summed E-state index contributed by atoms with van der Waals surface area (Å²) in [4.78, 5) is 40.4. The van der Waals surface area contributed by atoms with Gasteiger partial charge in [0.1, 0.15) is 0 Å². The predicted octanol–water partition coefficient (Wildman–Crippen LogP) is 5.14. The van der Waals surface area contributed by atoms with Gasteiger partial charge in [0.05, 0.1) is 21.7 Å². The molecule has 2 aromatic carbocycles. The maximum Gasteiger partial charge on any atom is 0.335 e. The molecule has 1 fully saturated rings. The maximum atomic E-state index is 12.5. The molecule has 10 heteroatoms. The van der Waals surface area contributed by atoms with E-state index in [9.17, 15) is 24.6 Å². The standard InChI is InChI=1S/C24H18BrN3O5S/c1-12-7-14(11-20-21(29)27-24(34-20)26-18-5-3-17(25)4-6-18)13(2)28(12)19-9-15(22(30)31)8-16(10-19)23(32)33/h3-11H,1-2H3,(H,30,31)(H,32,33)(H,26,27,29)/b20-11-. The average Bonchev–Trinajstić information content (AvgIpc) is 3.27. The number of aromatic carboxylic acids is 2. The topological polar surface area (TPSA) is 121 Å². The number of aliphatic imine (C=N–C) groups is 1. The van der Waals surface area contributed by atoms with Gasteiger partial charge < -0.3 is 20.1 Å². The number of carbonyl (C=O) groups excluding carboxylic acids is 1. The highest BCUT2D eigenvalue weighted by atomic mass is 79.9. The second kappa shape index (κ2) is 9.32. The first-order valence-electron chi connectivity index (χ1n) is 9.98. The summed E-state index contributed by atoms with van der Waals surface area (Å²) in [5.41, 5.74) is 3.11. The Morgan fingerprint density at radius 1 is 1.03 bits per heavy atom. The molecule has 0 spiro atoms. The Balaban J connectivity index is 1.70. The smallest absolute Gasteiger partial charge is 0.335 e. The zero-order valence-corrected chi connectivity index (χ0v) is 20.4. The first-order chi connectivity index (χ1) is 16.1. The lowest BCUT2D eigenvalue weighted by Crippen LogP contribution is -2.19. The van der Waals surface area contributed by atoms with Crippen LogP contribution in [0.5, 0.6) is 0 Å². The number of hydrogen-bond acceptors (Lipinski definition) is 5. The molecule has 1 saturated heterocycles. The van der Waals surface area contributed by atoms with Crippen molar-refractivity contribution in [3.05, 3.63) is 86.0 Å².